The molecule has 0 saturated carbocycles. The molecule has 158 valence electrons. The third-order valence-corrected chi connectivity index (χ3v) is 4.05. The van der Waals surface area contributed by atoms with Gasteiger partial charge in [0.2, 0.25) is 0 Å². The lowest BCUT2D eigenvalue weighted by atomic mass is 9.79. The molecule has 1 aliphatic carbocycles. The van der Waals surface area contributed by atoms with Gasteiger partial charge in [-0.05, 0) is 39.5 Å². The van der Waals surface area contributed by atoms with Gasteiger partial charge in [-0.2, -0.15) is 0 Å². The van der Waals surface area contributed by atoms with Crippen LogP contribution in [0.4, 0.5) is 4.79 Å². The molecule has 0 saturated heterocycles. The number of amides is 1. The zero-order chi connectivity index (χ0) is 21.4. The number of carbonyl (C=O) groups is 3. The van der Waals surface area contributed by atoms with Crippen LogP contribution in [-0.2, 0) is 23.8 Å². The smallest absolute Gasteiger partial charge is 0.407 e. The van der Waals surface area contributed by atoms with Crippen molar-refractivity contribution in [3.8, 4) is 0 Å². The van der Waals surface area contributed by atoms with Crippen LogP contribution in [0.2, 0.25) is 0 Å². The number of alkyl carbamates (subject to hydrolysis) is 1. The number of hydrogen-bond donors (Lipinski definition) is 1. The van der Waals surface area contributed by atoms with Crippen molar-refractivity contribution >= 4 is 17.8 Å². The van der Waals surface area contributed by atoms with Gasteiger partial charge in [0, 0.05) is 19.0 Å². The number of allylic oxidation sites excluding steroid dienone is 2. The summed E-state index contributed by atoms with van der Waals surface area (Å²) in [5, 5.41) is 2.55. The predicted molar refractivity (Wildman–Crippen MR) is 106 cm³/mol. The topological polar surface area (TPSA) is 90.9 Å². The van der Waals surface area contributed by atoms with Gasteiger partial charge in [-0.1, -0.05) is 26.5 Å². The van der Waals surface area contributed by atoms with E-state index in [1.54, 1.807) is 20.8 Å². The SMILES string of the molecule is C=CCOC(=O)C1(CNC(=O)OC(C)(C)C)CCCC(OCC(C)C)=CC1=O. The molecule has 0 spiro atoms. The Labute approximate surface area is 167 Å². The minimum absolute atomic E-state index is 0.0132. The molecule has 1 amide bonds. The lowest BCUT2D eigenvalue weighted by Crippen LogP contribution is -2.49. The summed E-state index contributed by atoms with van der Waals surface area (Å²) in [5.74, 6) is -0.256. The average molecular weight is 395 g/mol. The van der Waals surface area contributed by atoms with Crippen LogP contribution < -0.4 is 5.32 Å². The monoisotopic (exact) mass is 395 g/mol. The highest BCUT2D eigenvalue weighted by Crippen LogP contribution is 2.33. The minimum atomic E-state index is -1.51. The quantitative estimate of drug-likeness (QED) is 0.384. The number of ketones is 1. The molecule has 1 rings (SSSR count). The van der Waals surface area contributed by atoms with E-state index in [-0.39, 0.29) is 19.6 Å². The van der Waals surface area contributed by atoms with E-state index in [4.69, 9.17) is 14.2 Å². The maximum absolute atomic E-state index is 13.0. The van der Waals surface area contributed by atoms with Crippen molar-refractivity contribution in [1.82, 2.24) is 5.32 Å². The van der Waals surface area contributed by atoms with Gasteiger partial charge in [-0.15, -0.1) is 0 Å². The maximum atomic E-state index is 13.0. The molecule has 0 fully saturated rings. The molecule has 1 unspecified atom stereocenters. The fourth-order valence-corrected chi connectivity index (χ4v) is 2.69. The molecule has 0 aromatic carbocycles. The van der Waals surface area contributed by atoms with E-state index < -0.39 is 28.9 Å². The normalized spacial score (nSPS) is 20.1. The molecule has 0 aromatic heterocycles. The maximum Gasteiger partial charge on any atom is 0.407 e. The first-order valence-corrected chi connectivity index (χ1v) is 9.63. The minimum Gasteiger partial charge on any atom is -0.498 e. The molecule has 0 aliphatic heterocycles. The lowest BCUT2D eigenvalue weighted by Gasteiger charge is -2.29. The van der Waals surface area contributed by atoms with E-state index in [1.165, 1.54) is 12.2 Å². The average Bonchev–Trinajstić information content (AvgIpc) is 2.74. The summed E-state index contributed by atoms with van der Waals surface area (Å²) in [5.41, 5.74) is -2.20. The molecule has 0 heterocycles. The van der Waals surface area contributed by atoms with Crippen molar-refractivity contribution in [2.75, 3.05) is 19.8 Å². The lowest BCUT2D eigenvalue weighted by molar-refractivity contribution is -0.158. The predicted octanol–water partition coefficient (Wildman–Crippen LogP) is 3.54. The van der Waals surface area contributed by atoms with Gasteiger partial charge in [-0.25, -0.2) is 4.79 Å². The summed E-state index contributed by atoms with van der Waals surface area (Å²) >= 11 is 0. The van der Waals surface area contributed by atoms with Crippen molar-refractivity contribution in [1.29, 1.82) is 0 Å². The van der Waals surface area contributed by atoms with Crippen LogP contribution in [0.15, 0.2) is 24.5 Å². The number of rotatable bonds is 8. The summed E-state index contributed by atoms with van der Waals surface area (Å²) in [7, 11) is 0. The highest BCUT2D eigenvalue weighted by molar-refractivity contribution is 6.10. The van der Waals surface area contributed by atoms with Gasteiger partial charge in [-0.3, -0.25) is 9.59 Å². The third kappa shape index (κ3) is 7.37. The molecular formula is C21H33NO6. The van der Waals surface area contributed by atoms with Crippen molar-refractivity contribution in [2.24, 2.45) is 11.3 Å². The van der Waals surface area contributed by atoms with Crippen LogP contribution in [-0.4, -0.2) is 43.2 Å². The highest BCUT2D eigenvalue weighted by Gasteiger charge is 2.47. The fraction of sp³-hybridized carbons (Fsp3) is 0.667. The Bertz CT molecular complexity index is 617. The number of nitrogens with one attached hydrogen (secondary N) is 1. The zero-order valence-electron chi connectivity index (χ0n) is 17.6. The van der Waals surface area contributed by atoms with Crippen LogP contribution in [0.5, 0.6) is 0 Å². The second-order valence-electron chi connectivity index (χ2n) is 8.36. The largest absolute Gasteiger partial charge is 0.498 e. The molecule has 28 heavy (non-hydrogen) atoms. The van der Waals surface area contributed by atoms with Crippen molar-refractivity contribution in [2.45, 2.75) is 59.5 Å². The number of carbonyl (C=O) groups excluding carboxylic acids is 3. The first kappa shape index (κ1) is 23.7. The van der Waals surface area contributed by atoms with Crippen molar-refractivity contribution in [3.63, 3.8) is 0 Å². The fourth-order valence-electron chi connectivity index (χ4n) is 2.69. The Kier molecular flexibility index (Phi) is 8.72. The molecule has 0 aromatic rings. The molecular weight excluding hydrogens is 362 g/mol. The standard InChI is InChI=1S/C21H33NO6/c1-7-11-26-18(24)21(14-22-19(25)28-20(4,5)6)10-8-9-16(12-17(21)23)27-13-15(2)3/h7,12,15H,1,8-11,13-14H2,2-6H3,(H,22,25). The van der Waals surface area contributed by atoms with E-state index in [0.717, 1.165) is 0 Å². The zero-order valence-corrected chi connectivity index (χ0v) is 17.6. The second kappa shape index (κ2) is 10.3. The van der Waals surface area contributed by atoms with Gasteiger partial charge in [0.15, 0.2) is 5.78 Å². The molecule has 7 nitrogen and oxygen atoms in total. The van der Waals surface area contributed by atoms with Crippen LogP contribution in [0.25, 0.3) is 0 Å². The number of ether oxygens (including phenoxy) is 3. The van der Waals surface area contributed by atoms with Crippen LogP contribution >= 0.6 is 0 Å². The summed E-state index contributed by atoms with van der Waals surface area (Å²) in [4.78, 5) is 37.8. The summed E-state index contributed by atoms with van der Waals surface area (Å²) in [6.07, 6.45) is 3.43. The van der Waals surface area contributed by atoms with E-state index in [2.05, 4.69) is 11.9 Å². The number of esters is 1. The molecule has 7 heteroatoms. The van der Waals surface area contributed by atoms with Crippen molar-refractivity contribution < 1.29 is 28.6 Å². The van der Waals surface area contributed by atoms with E-state index in [9.17, 15) is 14.4 Å². The Morgan fingerprint density at radius 2 is 2.04 bits per heavy atom. The van der Waals surface area contributed by atoms with E-state index in [1.807, 2.05) is 13.8 Å². The first-order valence-electron chi connectivity index (χ1n) is 9.63. The Morgan fingerprint density at radius 1 is 1.36 bits per heavy atom. The molecule has 0 radical (unpaired) electrons. The van der Waals surface area contributed by atoms with Gasteiger partial charge >= 0.3 is 12.1 Å². The summed E-state index contributed by atoms with van der Waals surface area (Å²) < 4.78 is 16.1. The van der Waals surface area contributed by atoms with E-state index in [0.29, 0.717) is 31.1 Å². The van der Waals surface area contributed by atoms with Crippen LogP contribution in [0.3, 0.4) is 0 Å². The molecule has 1 aliphatic rings. The Hall–Kier alpha value is -2.31. The summed E-state index contributed by atoms with van der Waals surface area (Å²) in [6.45, 7) is 13.0. The molecule has 0 bridgehead atoms. The van der Waals surface area contributed by atoms with Crippen LogP contribution in [0, 0.1) is 11.3 Å². The van der Waals surface area contributed by atoms with Gasteiger partial charge in [0.05, 0.1) is 12.4 Å². The molecule has 1 atom stereocenters. The number of hydrogen-bond acceptors (Lipinski definition) is 6. The van der Waals surface area contributed by atoms with E-state index >= 15 is 0 Å². The van der Waals surface area contributed by atoms with Gasteiger partial charge in [0.25, 0.3) is 0 Å². The van der Waals surface area contributed by atoms with Gasteiger partial charge < -0.3 is 19.5 Å². The summed E-state index contributed by atoms with van der Waals surface area (Å²) in [6, 6.07) is 0. The Morgan fingerprint density at radius 3 is 2.61 bits per heavy atom. The van der Waals surface area contributed by atoms with Crippen molar-refractivity contribution in [3.05, 3.63) is 24.5 Å². The van der Waals surface area contributed by atoms with Crippen LogP contribution in [0.1, 0.15) is 53.9 Å². The third-order valence-electron chi connectivity index (χ3n) is 4.05. The van der Waals surface area contributed by atoms with Gasteiger partial charge in [0.1, 0.15) is 17.6 Å². The molecule has 1 N–H and O–H groups in total. The second-order valence-corrected chi connectivity index (χ2v) is 8.36. The first-order chi connectivity index (χ1) is 13.0. The Balaban J connectivity index is 3.03. The highest BCUT2D eigenvalue weighted by atomic mass is 16.6.